The molecule has 24 heavy (non-hydrogen) atoms. The van der Waals surface area contributed by atoms with Crippen LogP contribution in [0.4, 0.5) is 0 Å². The highest BCUT2D eigenvalue weighted by atomic mass is 16.1. The first-order valence-corrected chi connectivity index (χ1v) is 8.32. The van der Waals surface area contributed by atoms with Crippen LogP contribution < -0.4 is 0 Å². The quantitative estimate of drug-likeness (QED) is 0.467. The fourth-order valence-electron chi connectivity index (χ4n) is 3.68. The lowest BCUT2D eigenvalue weighted by Crippen LogP contribution is -2.05. The van der Waals surface area contributed by atoms with Crippen LogP contribution in [0.2, 0.25) is 0 Å². The lowest BCUT2D eigenvalue weighted by Gasteiger charge is -2.07. The highest BCUT2D eigenvalue weighted by Crippen LogP contribution is 2.30. The summed E-state index contributed by atoms with van der Waals surface area (Å²) in [6.45, 7) is 5.02. The molecule has 0 unspecified atom stereocenters. The van der Waals surface area contributed by atoms with Gasteiger partial charge in [-0.2, -0.15) is 0 Å². The van der Waals surface area contributed by atoms with Crippen molar-refractivity contribution in [2.45, 2.75) is 20.4 Å². The Labute approximate surface area is 141 Å². The molecule has 1 heterocycles. The third kappa shape index (κ3) is 2.07. The molecule has 118 valence electrons. The van der Waals surface area contributed by atoms with Gasteiger partial charge in [0.1, 0.15) is 0 Å². The molecular formula is C22H19NO. The number of rotatable bonds is 3. The molecule has 0 fully saturated rings. The van der Waals surface area contributed by atoms with E-state index in [4.69, 9.17) is 0 Å². The van der Waals surface area contributed by atoms with Gasteiger partial charge in [0.25, 0.3) is 0 Å². The number of nitrogens with zero attached hydrogens (tertiary/aromatic N) is 1. The minimum atomic E-state index is 0.104. The van der Waals surface area contributed by atoms with Gasteiger partial charge in [-0.3, -0.25) is 4.79 Å². The second-order valence-corrected chi connectivity index (χ2v) is 6.08. The van der Waals surface area contributed by atoms with E-state index in [1.807, 2.05) is 67.6 Å². The van der Waals surface area contributed by atoms with E-state index < -0.39 is 0 Å². The summed E-state index contributed by atoms with van der Waals surface area (Å²) in [6, 6.07) is 22.2. The van der Waals surface area contributed by atoms with Crippen LogP contribution in [0, 0.1) is 6.92 Å². The summed E-state index contributed by atoms with van der Waals surface area (Å²) in [4.78, 5) is 13.4. The Morgan fingerprint density at radius 2 is 1.54 bits per heavy atom. The summed E-state index contributed by atoms with van der Waals surface area (Å²) < 4.78 is 2.22. The van der Waals surface area contributed by atoms with Crippen molar-refractivity contribution >= 4 is 27.5 Å². The molecule has 0 bridgehead atoms. The van der Waals surface area contributed by atoms with Gasteiger partial charge in [0.15, 0.2) is 5.78 Å². The van der Waals surface area contributed by atoms with E-state index >= 15 is 0 Å². The first-order chi connectivity index (χ1) is 11.7. The number of benzene rings is 3. The van der Waals surface area contributed by atoms with E-state index in [1.54, 1.807) is 0 Å². The van der Waals surface area contributed by atoms with Crippen LogP contribution in [0.25, 0.3) is 21.7 Å². The van der Waals surface area contributed by atoms with Gasteiger partial charge in [-0.25, -0.2) is 0 Å². The van der Waals surface area contributed by atoms with E-state index in [-0.39, 0.29) is 5.78 Å². The summed E-state index contributed by atoms with van der Waals surface area (Å²) in [6.07, 6.45) is 0. The van der Waals surface area contributed by atoms with Gasteiger partial charge >= 0.3 is 0 Å². The van der Waals surface area contributed by atoms with Crippen molar-refractivity contribution in [1.82, 2.24) is 4.57 Å². The van der Waals surface area contributed by atoms with Crippen LogP contribution in [0.15, 0.2) is 66.7 Å². The molecule has 0 aliphatic rings. The monoisotopic (exact) mass is 313 g/mol. The first-order valence-electron chi connectivity index (χ1n) is 8.32. The zero-order valence-corrected chi connectivity index (χ0v) is 13.9. The average molecular weight is 313 g/mol. The smallest absolute Gasteiger partial charge is 0.196 e. The summed E-state index contributed by atoms with van der Waals surface area (Å²) in [5.74, 6) is 0.104. The number of fused-ring (bicyclic) bond motifs is 2. The Kier molecular flexibility index (Phi) is 3.46. The van der Waals surface area contributed by atoms with Gasteiger partial charge in [0.05, 0.1) is 5.56 Å². The molecule has 0 saturated heterocycles. The fourth-order valence-corrected chi connectivity index (χ4v) is 3.68. The fraction of sp³-hybridized carbons (Fsp3) is 0.136. The van der Waals surface area contributed by atoms with Gasteiger partial charge < -0.3 is 4.57 Å². The van der Waals surface area contributed by atoms with Crippen LogP contribution in [-0.4, -0.2) is 10.4 Å². The number of hydrogen-bond acceptors (Lipinski definition) is 1. The summed E-state index contributed by atoms with van der Waals surface area (Å²) in [5, 5.41) is 3.15. The molecule has 0 atom stereocenters. The molecule has 4 rings (SSSR count). The van der Waals surface area contributed by atoms with Crippen LogP contribution in [0.5, 0.6) is 0 Å². The predicted molar refractivity (Wildman–Crippen MR) is 99.7 cm³/mol. The Morgan fingerprint density at radius 1 is 0.875 bits per heavy atom. The number of aryl methyl sites for hydroxylation is 1. The highest BCUT2D eigenvalue weighted by Gasteiger charge is 2.21. The van der Waals surface area contributed by atoms with E-state index in [9.17, 15) is 4.79 Å². The largest absolute Gasteiger partial charge is 0.344 e. The number of para-hydroxylation sites is 1. The zero-order chi connectivity index (χ0) is 16.7. The second-order valence-electron chi connectivity index (χ2n) is 6.08. The molecule has 0 amide bonds. The van der Waals surface area contributed by atoms with Crippen molar-refractivity contribution in [3.05, 3.63) is 83.6 Å². The average Bonchev–Trinajstić information content (AvgIpc) is 2.91. The molecule has 4 aromatic rings. The number of carbonyl (C=O) groups is 1. The lowest BCUT2D eigenvalue weighted by atomic mass is 9.95. The molecule has 0 spiro atoms. The van der Waals surface area contributed by atoms with Gasteiger partial charge in [0, 0.05) is 28.7 Å². The first kappa shape index (κ1) is 14.7. The minimum Gasteiger partial charge on any atom is -0.344 e. The number of carbonyl (C=O) groups excluding carboxylic acids is 1. The third-order valence-corrected chi connectivity index (χ3v) is 4.81. The maximum absolute atomic E-state index is 13.4. The second kappa shape index (κ2) is 5.64. The molecule has 3 aromatic carbocycles. The maximum atomic E-state index is 13.4. The lowest BCUT2D eigenvalue weighted by molar-refractivity contribution is 0.104. The number of aromatic nitrogens is 1. The predicted octanol–water partition coefficient (Wildman–Crippen LogP) is 5.35. The van der Waals surface area contributed by atoms with Gasteiger partial charge in [-0.05, 0) is 30.7 Å². The van der Waals surface area contributed by atoms with Crippen LogP contribution in [-0.2, 0) is 6.54 Å². The van der Waals surface area contributed by atoms with Gasteiger partial charge in [0.2, 0.25) is 0 Å². The molecule has 0 saturated carbocycles. The minimum absolute atomic E-state index is 0.104. The summed E-state index contributed by atoms with van der Waals surface area (Å²) in [7, 11) is 0. The molecule has 0 N–H and O–H groups in total. The van der Waals surface area contributed by atoms with E-state index in [0.717, 1.165) is 45.0 Å². The normalized spacial score (nSPS) is 11.2. The maximum Gasteiger partial charge on any atom is 0.196 e. The highest BCUT2D eigenvalue weighted by molar-refractivity contribution is 6.22. The van der Waals surface area contributed by atoms with Crippen LogP contribution in [0.1, 0.15) is 28.5 Å². The molecule has 1 aromatic heterocycles. The van der Waals surface area contributed by atoms with Crippen molar-refractivity contribution in [2.75, 3.05) is 0 Å². The third-order valence-electron chi connectivity index (χ3n) is 4.81. The molecule has 0 aliphatic carbocycles. The van der Waals surface area contributed by atoms with Gasteiger partial charge in [-0.1, -0.05) is 60.7 Å². The van der Waals surface area contributed by atoms with E-state index in [1.165, 1.54) is 0 Å². The number of ketones is 1. The Bertz CT molecular complexity index is 1070. The van der Waals surface area contributed by atoms with Crippen molar-refractivity contribution in [2.24, 2.45) is 0 Å². The Morgan fingerprint density at radius 3 is 2.33 bits per heavy atom. The Hall–Kier alpha value is -2.87. The summed E-state index contributed by atoms with van der Waals surface area (Å²) in [5.41, 5.74) is 3.76. The molecule has 0 aliphatic heterocycles. The summed E-state index contributed by atoms with van der Waals surface area (Å²) >= 11 is 0. The molecule has 0 radical (unpaired) electrons. The van der Waals surface area contributed by atoms with Crippen molar-refractivity contribution < 1.29 is 4.79 Å². The number of hydrogen-bond donors (Lipinski definition) is 0. The molecule has 2 heteroatoms. The van der Waals surface area contributed by atoms with Crippen molar-refractivity contribution in [1.29, 1.82) is 0 Å². The van der Waals surface area contributed by atoms with Crippen molar-refractivity contribution in [3.8, 4) is 0 Å². The standard InChI is InChI=1S/C22H19NO/c1-3-23-15(2)21(19-12-6-7-14-20(19)23)22(24)18-13-8-10-16-9-4-5-11-17(16)18/h4-14H,3H2,1-2H3. The Balaban J connectivity index is 2.01. The zero-order valence-electron chi connectivity index (χ0n) is 13.9. The van der Waals surface area contributed by atoms with Crippen molar-refractivity contribution in [3.63, 3.8) is 0 Å². The molecule has 2 nitrogen and oxygen atoms in total. The van der Waals surface area contributed by atoms with E-state index in [0.29, 0.717) is 0 Å². The molecular weight excluding hydrogens is 294 g/mol. The SMILES string of the molecule is CCn1c(C)c(C(=O)c2cccc3ccccc23)c2ccccc21. The van der Waals surface area contributed by atoms with Gasteiger partial charge in [-0.15, -0.1) is 0 Å². The van der Waals surface area contributed by atoms with Crippen LogP contribution >= 0.6 is 0 Å². The van der Waals surface area contributed by atoms with Crippen LogP contribution in [0.3, 0.4) is 0 Å². The van der Waals surface area contributed by atoms with E-state index in [2.05, 4.69) is 17.6 Å². The topological polar surface area (TPSA) is 22.0 Å².